The summed E-state index contributed by atoms with van der Waals surface area (Å²) in [6, 6.07) is 0. The SMILES string of the molecule is C=Cc1c(C=C)c(Cl)c(=C(/C)CC)/c(=C\C=C(/C)C(C)(C)C)c1C. The summed E-state index contributed by atoms with van der Waals surface area (Å²) in [5.74, 6) is 0. The molecule has 0 saturated carbocycles. The van der Waals surface area contributed by atoms with Crippen LogP contribution in [0.1, 0.15) is 64.7 Å². The van der Waals surface area contributed by atoms with Crippen molar-refractivity contribution in [2.45, 2.75) is 54.9 Å². The van der Waals surface area contributed by atoms with Gasteiger partial charge in [0.15, 0.2) is 0 Å². The van der Waals surface area contributed by atoms with E-state index in [1.54, 1.807) is 0 Å². The van der Waals surface area contributed by atoms with Crippen molar-refractivity contribution >= 4 is 35.4 Å². The average Bonchev–Trinajstić information content (AvgIpc) is 2.52. The van der Waals surface area contributed by atoms with E-state index < -0.39 is 0 Å². The molecule has 1 aromatic rings. The number of allylic oxidation sites excluding steroid dienone is 2. The number of hydrogen-bond donors (Lipinski definition) is 0. The van der Waals surface area contributed by atoms with E-state index in [9.17, 15) is 0 Å². The smallest absolute Gasteiger partial charge is 0.0562 e. The molecule has 0 saturated heterocycles. The Hall–Kier alpha value is -1.53. The zero-order valence-corrected chi connectivity index (χ0v) is 17.1. The third kappa shape index (κ3) is 4.11. The summed E-state index contributed by atoms with van der Waals surface area (Å²) in [5, 5.41) is 3.09. The summed E-state index contributed by atoms with van der Waals surface area (Å²) in [4.78, 5) is 0. The third-order valence-electron chi connectivity index (χ3n) is 4.87. The molecule has 24 heavy (non-hydrogen) atoms. The van der Waals surface area contributed by atoms with Crippen LogP contribution in [0.3, 0.4) is 0 Å². The van der Waals surface area contributed by atoms with Gasteiger partial charge in [-0.05, 0) is 49.0 Å². The summed E-state index contributed by atoms with van der Waals surface area (Å²) in [6.07, 6.45) is 9.09. The standard InChI is InChI=1S/C23H31Cl/c1-10-15(4)21-20(14-13-16(5)23(7,8)9)17(6)18(11-2)19(12-3)22(21)24/h11-14H,2-3,10H2,1,4-9H3/b16-13+,20-14-,21-15-. The predicted octanol–water partition coefficient (Wildman–Crippen LogP) is 6.29. The fraction of sp³-hybridized carbons (Fsp3) is 0.391. The zero-order chi connectivity index (χ0) is 18.7. The van der Waals surface area contributed by atoms with Crippen LogP contribution < -0.4 is 10.4 Å². The highest BCUT2D eigenvalue weighted by molar-refractivity contribution is 6.32. The number of rotatable bonds is 4. The Labute approximate surface area is 152 Å². The van der Waals surface area contributed by atoms with Gasteiger partial charge in [-0.3, -0.25) is 0 Å². The summed E-state index contributed by atoms with van der Waals surface area (Å²) in [7, 11) is 0. The molecular weight excluding hydrogens is 312 g/mol. The predicted molar refractivity (Wildman–Crippen MR) is 113 cm³/mol. The van der Waals surface area contributed by atoms with E-state index in [-0.39, 0.29) is 5.41 Å². The Bertz CT molecular complexity index is 796. The van der Waals surface area contributed by atoms with Gasteiger partial charge in [-0.15, -0.1) is 0 Å². The maximum atomic E-state index is 6.77. The largest absolute Gasteiger partial charge is 0.0984 e. The molecule has 0 aromatic heterocycles. The first-order valence-corrected chi connectivity index (χ1v) is 8.93. The molecule has 0 bridgehead atoms. The van der Waals surface area contributed by atoms with Crippen molar-refractivity contribution < 1.29 is 0 Å². The van der Waals surface area contributed by atoms with E-state index in [2.05, 4.69) is 73.8 Å². The lowest BCUT2D eigenvalue weighted by atomic mass is 9.87. The van der Waals surface area contributed by atoms with Crippen molar-refractivity contribution in [3.05, 3.63) is 57.0 Å². The van der Waals surface area contributed by atoms with E-state index in [0.29, 0.717) is 0 Å². The topological polar surface area (TPSA) is 0 Å². The van der Waals surface area contributed by atoms with Gasteiger partial charge in [0.05, 0.1) is 5.02 Å². The normalized spacial score (nSPS) is 14.7. The van der Waals surface area contributed by atoms with Gasteiger partial charge in [0, 0.05) is 10.8 Å². The Morgan fingerprint density at radius 2 is 1.62 bits per heavy atom. The van der Waals surface area contributed by atoms with Gasteiger partial charge in [0.25, 0.3) is 0 Å². The molecule has 1 rings (SSSR count). The second-order valence-electron chi connectivity index (χ2n) is 7.36. The molecule has 1 heteroatoms. The molecule has 0 spiro atoms. The molecule has 0 atom stereocenters. The van der Waals surface area contributed by atoms with Gasteiger partial charge >= 0.3 is 0 Å². The van der Waals surface area contributed by atoms with Crippen LogP contribution in [0, 0.1) is 12.3 Å². The fourth-order valence-electron chi connectivity index (χ4n) is 2.63. The molecule has 130 valence electrons. The van der Waals surface area contributed by atoms with Crippen LogP contribution in [0.25, 0.3) is 23.8 Å². The molecule has 0 unspecified atom stereocenters. The minimum atomic E-state index is 0.153. The van der Waals surface area contributed by atoms with Crippen molar-refractivity contribution in [2.24, 2.45) is 5.41 Å². The van der Waals surface area contributed by atoms with Crippen LogP contribution >= 0.6 is 11.6 Å². The molecule has 0 aliphatic carbocycles. The Morgan fingerprint density at radius 3 is 2.04 bits per heavy atom. The second kappa shape index (κ2) is 8.03. The molecule has 0 fully saturated rings. The third-order valence-corrected chi connectivity index (χ3v) is 5.26. The molecule has 1 aromatic carbocycles. The number of halogens is 1. The van der Waals surface area contributed by atoms with E-state index in [0.717, 1.165) is 27.8 Å². The lowest BCUT2D eigenvalue weighted by molar-refractivity contribution is 0.504. The lowest BCUT2D eigenvalue weighted by Gasteiger charge is -2.19. The van der Waals surface area contributed by atoms with E-state index in [1.165, 1.54) is 21.9 Å². The first-order chi connectivity index (χ1) is 11.1. The Kier molecular flexibility index (Phi) is 6.86. The molecule has 0 radical (unpaired) electrons. The maximum absolute atomic E-state index is 6.77. The van der Waals surface area contributed by atoms with Crippen molar-refractivity contribution in [1.82, 2.24) is 0 Å². The van der Waals surface area contributed by atoms with Crippen LogP contribution in [0.4, 0.5) is 0 Å². The van der Waals surface area contributed by atoms with Crippen molar-refractivity contribution in [3.63, 3.8) is 0 Å². The van der Waals surface area contributed by atoms with E-state index >= 15 is 0 Å². The molecule has 0 amide bonds. The molecular formula is C23H31Cl. The molecule has 0 N–H and O–H groups in total. The summed E-state index contributed by atoms with van der Waals surface area (Å²) in [6.45, 7) is 23.2. The van der Waals surface area contributed by atoms with Crippen LogP contribution in [0.15, 0.2) is 24.8 Å². The van der Waals surface area contributed by atoms with Crippen molar-refractivity contribution in [1.29, 1.82) is 0 Å². The monoisotopic (exact) mass is 342 g/mol. The molecule has 0 aliphatic rings. The minimum absolute atomic E-state index is 0.153. The molecule has 0 nitrogen and oxygen atoms in total. The summed E-state index contributed by atoms with van der Waals surface area (Å²) >= 11 is 6.77. The Balaban J connectivity index is 4.08. The van der Waals surface area contributed by atoms with Gasteiger partial charge in [-0.1, -0.05) is 87.9 Å². The molecule has 0 aliphatic heterocycles. The van der Waals surface area contributed by atoms with Gasteiger partial charge in [0.1, 0.15) is 0 Å². The average molecular weight is 343 g/mol. The van der Waals surface area contributed by atoms with Crippen molar-refractivity contribution in [3.8, 4) is 0 Å². The van der Waals surface area contributed by atoms with E-state index in [4.69, 9.17) is 11.6 Å². The van der Waals surface area contributed by atoms with E-state index in [1.807, 2.05) is 12.2 Å². The second-order valence-corrected chi connectivity index (χ2v) is 7.74. The highest BCUT2D eigenvalue weighted by Crippen LogP contribution is 2.24. The van der Waals surface area contributed by atoms with Crippen LogP contribution in [-0.2, 0) is 0 Å². The highest BCUT2D eigenvalue weighted by atomic mass is 35.5. The van der Waals surface area contributed by atoms with Crippen LogP contribution in [-0.4, -0.2) is 0 Å². The van der Waals surface area contributed by atoms with Gasteiger partial charge in [-0.25, -0.2) is 0 Å². The Morgan fingerprint density at radius 1 is 1.08 bits per heavy atom. The van der Waals surface area contributed by atoms with Gasteiger partial charge < -0.3 is 0 Å². The quantitative estimate of drug-likeness (QED) is 0.603. The first kappa shape index (κ1) is 20.5. The lowest BCUT2D eigenvalue weighted by Crippen LogP contribution is -2.32. The minimum Gasteiger partial charge on any atom is -0.0984 e. The van der Waals surface area contributed by atoms with Crippen molar-refractivity contribution in [2.75, 3.05) is 0 Å². The van der Waals surface area contributed by atoms with Crippen LogP contribution in [0.2, 0.25) is 5.02 Å². The van der Waals surface area contributed by atoms with Gasteiger partial charge in [-0.2, -0.15) is 0 Å². The maximum Gasteiger partial charge on any atom is 0.0562 e. The number of benzene rings is 1. The fourth-order valence-corrected chi connectivity index (χ4v) is 3.07. The number of hydrogen-bond acceptors (Lipinski definition) is 0. The molecule has 0 heterocycles. The summed E-state index contributed by atoms with van der Waals surface area (Å²) < 4.78 is 0. The van der Waals surface area contributed by atoms with Crippen LogP contribution in [0.5, 0.6) is 0 Å². The summed E-state index contributed by atoms with van der Waals surface area (Å²) in [5.41, 5.74) is 6.02. The zero-order valence-electron chi connectivity index (χ0n) is 16.3. The first-order valence-electron chi connectivity index (χ1n) is 8.55. The highest BCUT2D eigenvalue weighted by Gasteiger charge is 2.13. The van der Waals surface area contributed by atoms with Gasteiger partial charge in [0.2, 0.25) is 0 Å².